The molecule has 1 aliphatic rings. The van der Waals surface area contributed by atoms with Crippen LogP contribution in [0.15, 0.2) is 48.5 Å². The third kappa shape index (κ3) is 3.02. The first kappa shape index (κ1) is 17.1. The molecule has 3 rings (SSSR count). The summed E-state index contributed by atoms with van der Waals surface area (Å²) in [5.74, 6) is -1.88. The summed E-state index contributed by atoms with van der Waals surface area (Å²) in [7, 11) is 1.32. The first-order valence-electron chi connectivity index (χ1n) is 8.14. The Morgan fingerprint density at radius 1 is 1.16 bits per heavy atom. The van der Waals surface area contributed by atoms with Crippen molar-refractivity contribution in [2.24, 2.45) is 0 Å². The summed E-state index contributed by atoms with van der Waals surface area (Å²) in [6, 6.07) is 13.1. The summed E-state index contributed by atoms with van der Waals surface area (Å²) in [5, 5.41) is 9.83. The topological polar surface area (TPSA) is 63.6 Å². The van der Waals surface area contributed by atoms with Crippen molar-refractivity contribution in [3.05, 3.63) is 71.0 Å². The molecule has 0 amide bonds. The summed E-state index contributed by atoms with van der Waals surface area (Å²) in [5.41, 5.74) is 0.433. The molecule has 0 aromatic heterocycles. The second-order valence-corrected chi connectivity index (χ2v) is 6.42. The Morgan fingerprint density at radius 3 is 2.44 bits per heavy atom. The molecule has 2 aromatic rings. The molecule has 0 saturated heterocycles. The summed E-state index contributed by atoms with van der Waals surface area (Å²) in [4.78, 5) is 23.5. The van der Waals surface area contributed by atoms with Gasteiger partial charge in [0.25, 0.3) is 0 Å². The fourth-order valence-corrected chi connectivity index (χ4v) is 3.74. The predicted molar refractivity (Wildman–Crippen MR) is 90.1 cm³/mol. The van der Waals surface area contributed by atoms with Crippen molar-refractivity contribution in [2.45, 2.75) is 30.6 Å². The average Bonchev–Trinajstić information content (AvgIpc) is 3.08. The number of esters is 1. The number of halogens is 1. The fourth-order valence-electron chi connectivity index (χ4n) is 3.74. The quantitative estimate of drug-likeness (QED) is 0.856. The van der Waals surface area contributed by atoms with Crippen LogP contribution in [0.1, 0.15) is 46.7 Å². The molecule has 0 radical (unpaired) electrons. The van der Waals surface area contributed by atoms with Crippen molar-refractivity contribution in [1.82, 2.24) is 0 Å². The summed E-state index contributed by atoms with van der Waals surface area (Å²) in [6.07, 6.45) is 1.37. The molecule has 0 heterocycles. The maximum atomic E-state index is 14.2. The zero-order chi connectivity index (χ0) is 18.0. The normalized spacial score (nSPS) is 22.6. The number of ether oxygens (including phenoxy) is 1. The zero-order valence-corrected chi connectivity index (χ0v) is 13.9. The molecule has 4 nitrogen and oxygen atoms in total. The Kier molecular flexibility index (Phi) is 4.57. The van der Waals surface area contributed by atoms with Crippen LogP contribution in [0.5, 0.6) is 0 Å². The lowest BCUT2D eigenvalue weighted by atomic mass is 9.77. The summed E-state index contributed by atoms with van der Waals surface area (Å²) >= 11 is 0. The Morgan fingerprint density at radius 2 is 1.84 bits per heavy atom. The molecule has 2 unspecified atom stereocenters. The van der Waals surface area contributed by atoms with Crippen LogP contribution < -0.4 is 0 Å². The molecule has 1 N–H and O–H groups in total. The number of hydrogen-bond acceptors (Lipinski definition) is 3. The van der Waals surface area contributed by atoms with Crippen LogP contribution >= 0.6 is 0 Å². The van der Waals surface area contributed by atoms with E-state index in [-0.39, 0.29) is 11.5 Å². The summed E-state index contributed by atoms with van der Waals surface area (Å²) < 4.78 is 18.9. The molecular weight excluding hydrogens is 323 g/mol. The van der Waals surface area contributed by atoms with Gasteiger partial charge in [-0.15, -0.1) is 0 Å². The number of carbonyl (C=O) groups excluding carboxylic acids is 1. The van der Waals surface area contributed by atoms with E-state index in [9.17, 15) is 19.1 Å². The van der Waals surface area contributed by atoms with E-state index in [1.54, 1.807) is 30.3 Å². The van der Waals surface area contributed by atoms with E-state index in [4.69, 9.17) is 0 Å². The minimum absolute atomic E-state index is 0.00223. The largest absolute Gasteiger partial charge is 0.481 e. The predicted octanol–water partition coefficient (Wildman–Crippen LogP) is 3.90. The van der Waals surface area contributed by atoms with Crippen LogP contribution in [-0.2, 0) is 14.9 Å². The molecule has 5 heteroatoms. The Hall–Kier alpha value is -2.69. The SMILES string of the molecule is COC(=O)c1ccc(C2CCC(C(=O)O)(c3ccccc3F)C2)cc1. The third-order valence-electron chi connectivity index (χ3n) is 5.12. The van der Waals surface area contributed by atoms with E-state index >= 15 is 0 Å². The van der Waals surface area contributed by atoms with Gasteiger partial charge in [0.05, 0.1) is 18.1 Å². The lowest BCUT2D eigenvalue weighted by molar-refractivity contribution is -0.143. The fraction of sp³-hybridized carbons (Fsp3) is 0.300. The standard InChI is InChI=1S/C20H19FO4/c1-25-18(22)14-8-6-13(7-9-14)15-10-11-20(12-15,19(23)24)16-4-2-3-5-17(16)21/h2-9,15H,10-12H2,1H3,(H,23,24). The number of rotatable bonds is 4. The zero-order valence-electron chi connectivity index (χ0n) is 13.9. The molecule has 25 heavy (non-hydrogen) atoms. The van der Waals surface area contributed by atoms with Crippen LogP contribution in [-0.4, -0.2) is 24.2 Å². The second kappa shape index (κ2) is 6.67. The minimum Gasteiger partial charge on any atom is -0.481 e. The van der Waals surface area contributed by atoms with Gasteiger partial charge in [-0.1, -0.05) is 30.3 Å². The van der Waals surface area contributed by atoms with Crippen molar-refractivity contribution in [3.8, 4) is 0 Å². The van der Waals surface area contributed by atoms with Gasteiger partial charge in [0, 0.05) is 5.56 Å². The van der Waals surface area contributed by atoms with E-state index in [2.05, 4.69) is 4.74 Å². The first-order valence-corrected chi connectivity index (χ1v) is 8.14. The third-order valence-corrected chi connectivity index (χ3v) is 5.12. The van der Waals surface area contributed by atoms with Crippen molar-refractivity contribution >= 4 is 11.9 Å². The molecular formula is C20H19FO4. The maximum absolute atomic E-state index is 14.2. The average molecular weight is 342 g/mol. The van der Waals surface area contributed by atoms with Crippen molar-refractivity contribution in [1.29, 1.82) is 0 Å². The van der Waals surface area contributed by atoms with Crippen molar-refractivity contribution in [2.75, 3.05) is 7.11 Å². The number of benzene rings is 2. The highest BCUT2D eigenvalue weighted by atomic mass is 19.1. The number of aliphatic carboxylic acids is 1. The van der Waals surface area contributed by atoms with Gasteiger partial charge in [-0.05, 0) is 48.9 Å². The van der Waals surface area contributed by atoms with Crippen molar-refractivity contribution < 1.29 is 23.8 Å². The molecule has 2 aromatic carbocycles. The van der Waals surface area contributed by atoms with E-state index in [0.717, 1.165) is 5.56 Å². The maximum Gasteiger partial charge on any atom is 0.337 e. The van der Waals surface area contributed by atoms with E-state index in [1.165, 1.54) is 13.2 Å². The molecule has 130 valence electrons. The van der Waals surface area contributed by atoms with E-state index < -0.39 is 23.2 Å². The molecule has 2 atom stereocenters. The van der Waals surface area contributed by atoms with Gasteiger partial charge in [0.2, 0.25) is 0 Å². The Bertz CT molecular complexity index is 800. The lowest BCUT2D eigenvalue weighted by Crippen LogP contribution is -2.34. The number of carbonyl (C=O) groups is 2. The van der Waals surface area contributed by atoms with Crippen LogP contribution in [0.25, 0.3) is 0 Å². The Balaban J connectivity index is 1.89. The van der Waals surface area contributed by atoms with Gasteiger partial charge in [-0.2, -0.15) is 0 Å². The van der Waals surface area contributed by atoms with Gasteiger partial charge in [-0.25, -0.2) is 9.18 Å². The smallest absolute Gasteiger partial charge is 0.337 e. The Labute approximate surface area is 145 Å². The lowest BCUT2D eigenvalue weighted by Gasteiger charge is -2.25. The van der Waals surface area contributed by atoms with Gasteiger partial charge in [0.1, 0.15) is 5.82 Å². The molecule has 0 bridgehead atoms. The molecule has 0 aliphatic heterocycles. The first-order chi connectivity index (χ1) is 12.0. The molecule has 1 fully saturated rings. The highest BCUT2D eigenvalue weighted by Crippen LogP contribution is 2.49. The monoisotopic (exact) mass is 342 g/mol. The van der Waals surface area contributed by atoms with Gasteiger partial charge >= 0.3 is 11.9 Å². The van der Waals surface area contributed by atoms with Crippen LogP contribution in [0, 0.1) is 5.82 Å². The molecule has 0 spiro atoms. The van der Waals surface area contributed by atoms with Crippen LogP contribution in [0.2, 0.25) is 0 Å². The number of carboxylic acids is 1. The van der Waals surface area contributed by atoms with Gasteiger partial charge < -0.3 is 9.84 Å². The minimum atomic E-state index is -1.21. The number of methoxy groups -OCH3 is 1. The van der Waals surface area contributed by atoms with Crippen molar-refractivity contribution in [3.63, 3.8) is 0 Å². The van der Waals surface area contributed by atoms with E-state index in [0.29, 0.717) is 24.8 Å². The molecule has 1 saturated carbocycles. The molecule has 1 aliphatic carbocycles. The number of hydrogen-bond donors (Lipinski definition) is 1. The highest BCUT2D eigenvalue weighted by Gasteiger charge is 2.48. The number of carboxylic acid groups (broad SMARTS) is 1. The highest BCUT2D eigenvalue weighted by molar-refractivity contribution is 5.89. The van der Waals surface area contributed by atoms with Gasteiger partial charge in [0.15, 0.2) is 0 Å². The second-order valence-electron chi connectivity index (χ2n) is 6.42. The van der Waals surface area contributed by atoms with Crippen LogP contribution in [0.4, 0.5) is 4.39 Å². The van der Waals surface area contributed by atoms with Crippen LogP contribution in [0.3, 0.4) is 0 Å². The van der Waals surface area contributed by atoms with Gasteiger partial charge in [-0.3, -0.25) is 4.79 Å². The van der Waals surface area contributed by atoms with E-state index in [1.807, 2.05) is 12.1 Å². The summed E-state index contributed by atoms with van der Waals surface area (Å²) in [6.45, 7) is 0.